The monoisotopic (exact) mass is 479 g/mol. The number of nitrogens with two attached hydrogens (primary N) is 1. The number of nitrogens with zero attached hydrogens (tertiary/aromatic N) is 2. The molecule has 1 amide bonds. The van der Waals surface area contributed by atoms with Crippen molar-refractivity contribution in [2.75, 3.05) is 25.4 Å². The van der Waals surface area contributed by atoms with Gasteiger partial charge in [0.1, 0.15) is 6.61 Å². The lowest BCUT2D eigenvalue weighted by atomic mass is 10.2. The maximum Gasteiger partial charge on any atom is 0.277 e. The minimum Gasteiger partial charge on any atom is -0.490 e. The third-order valence-electron chi connectivity index (χ3n) is 4.33. The molecule has 11 heteroatoms. The summed E-state index contributed by atoms with van der Waals surface area (Å²) in [5.41, 5.74) is 7.37. The lowest BCUT2D eigenvalue weighted by molar-refractivity contribution is 0.0944. The first-order valence-corrected chi connectivity index (χ1v) is 10.6. The molecule has 2 aromatic carbocycles. The molecule has 0 spiro atoms. The summed E-state index contributed by atoms with van der Waals surface area (Å²) in [6, 6.07) is 11.1. The van der Waals surface area contributed by atoms with Crippen molar-refractivity contribution in [3.05, 3.63) is 63.3 Å². The van der Waals surface area contributed by atoms with Crippen LogP contribution >= 0.6 is 23.2 Å². The number of benzene rings is 2. The molecule has 0 saturated carbocycles. The SMILES string of the molecule is CCOc1cc(CNCCNC(=O)c2nonc2N)ccc1OCc1ccc(Cl)c(Cl)c1. The van der Waals surface area contributed by atoms with Gasteiger partial charge in [-0.2, -0.15) is 0 Å². The van der Waals surface area contributed by atoms with E-state index in [0.717, 1.165) is 11.1 Å². The molecule has 9 nitrogen and oxygen atoms in total. The van der Waals surface area contributed by atoms with Crippen LogP contribution in [-0.2, 0) is 13.2 Å². The third-order valence-corrected chi connectivity index (χ3v) is 5.07. The van der Waals surface area contributed by atoms with Crippen molar-refractivity contribution in [1.29, 1.82) is 0 Å². The smallest absolute Gasteiger partial charge is 0.277 e. The van der Waals surface area contributed by atoms with Gasteiger partial charge < -0.3 is 25.8 Å². The Hall–Kier alpha value is -3.01. The van der Waals surface area contributed by atoms with Gasteiger partial charge in [-0.3, -0.25) is 4.79 Å². The molecule has 4 N–H and O–H groups in total. The Balaban J connectivity index is 1.49. The van der Waals surface area contributed by atoms with Crippen LogP contribution in [0.15, 0.2) is 41.0 Å². The van der Waals surface area contributed by atoms with Gasteiger partial charge in [0.05, 0.1) is 16.7 Å². The molecule has 0 aliphatic carbocycles. The van der Waals surface area contributed by atoms with Crippen LogP contribution in [-0.4, -0.2) is 35.9 Å². The number of hydrogen-bond donors (Lipinski definition) is 3. The molecule has 0 atom stereocenters. The summed E-state index contributed by atoms with van der Waals surface area (Å²) in [6.45, 7) is 4.25. The van der Waals surface area contributed by atoms with Gasteiger partial charge in [-0.15, -0.1) is 0 Å². The lowest BCUT2D eigenvalue weighted by Crippen LogP contribution is -2.32. The van der Waals surface area contributed by atoms with Crippen LogP contribution in [0.2, 0.25) is 10.0 Å². The summed E-state index contributed by atoms with van der Waals surface area (Å²) in [5, 5.41) is 13.7. The minimum absolute atomic E-state index is 0.0252. The quantitative estimate of drug-likeness (QED) is 0.357. The molecule has 0 saturated heterocycles. The fourth-order valence-corrected chi connectivity index (χ4v) is 3.10. The zero-order chi connectivity index (χ0) is 22.9. The van der Waals surface area contributed by atoms with E-state index in [1.807, 2.05) is 31.2 Å². The number of nitrogens with one attached hydrogen (secondary N) is 2. The van der Waals surface area contributed by atoms with Gasteiger partial charge in [0.25, 0.3) is 5.91 Å². The predicted molar refractivity (Wildman–Crippen MR) is 121 cm³/mol. The van der Waals surface area contributed by atoms with Crippen LogP contribution in [0.25, 0.3) is 0 Å². The number of hydrogen-bond acceptors (Lipinski definition) is 8. The second-order valence-electron chi connectivity index (χ2n) is 6.68. The van der Waals surface area contributed by atoms with Crippen molar-refractivity contribution in [2.24, 2.45) is 0 Å². The number of nitrogen functional groups attached to an aromatic ring is 1. The fraction of sp³-hybridized carbons (Fsp3) is 0.286. The molecular weight excluding hydrogens is 457 g/mol. The van der Waals surface area contributed by atoms with Gasteiger partial charge in [-0.25, -0.2) is 4.63 Å². The normalized spacial score (nSPS) is 10.7. The van der Waals surface area contributed by atoms with Crippen LogP contribution in [0.5, 0.6) is 11.5 Å². The average molecular weight is 480 g/mol. The molecule has 1 heterocycles. The highest BCUT2D eigenvalue weighted by atomic mass is 35.5. The highest BCUT2D eigenvalue weighted by Gasteiger charge is 2.15. The van der Waals surface area contributed by atoms with Crippen LogP contribution in [0.1, 0.15) is 28.5 Å². The fourth-order valence-electron chi connectivity index (χ4n) is 2.77. The average Bonchev–Trinajstić information content (AvgIpc) is 3.21. The first-order chi connectivity index (χ1) is 15.5. The molecule has 0 aliphatic heterocycles. The summed E-state index contributed by atoms with van der Waals surface area (Å²) in [5.74, 6) is 0.801. The second kappa shape index (κ2) is 11.6. The number of ether oxygens (including phenoxy) is 2. The van der Waals surface area contributed by atoms with E-state index in [1.54, 1.807) is 12.1 Å². The highest BCUT2D eigenvalue weighted by Crippen LogP contribution is 2.30. The molecule has 3 aromatic rings. The van der Waals surface area contributed by atoms with Gasteiger partial charge in [0, 0.05) is 19.6 Å². The number of amides is 1. The van der Waals surface area contributed by atoms with E-state index in [0.29, 0.717) is 54.4 Å². The Labute approximate surface area is 195 Å². The van der Waals surface area contributed by atoms with Crippen molar-refractivity contribution >= 4 is 34.9 Å². The summed E-state index contributed by atoms with van der Waals surface area (Å²) >= 11 is 12.0. The van der Waals surface area contributed by atoms with E-state index in [9.17, 15) is 4.79 Å². The Morgan fingerprint density at radius 3 is 2.56 bits per heavy atom. The topological polar surface area (TPSA) is 125 Å². The lowest BCUT2D eigenvalue weighted by Gasteiger charge is -2.14. The van der Waals surface area contributed by atoms with E-state index in [-0.39, 0.29) is 11.5 Å². The largest absolute Gasteiger partial charge is 0.490 e. The standard InChI is InChI=1S/C21H23Cl2N5O4/c1-2-30-18-10-13(11-25-7-8-26-21(29)19-20(24)28-32-27-19)4-6-17(18)31-12-14-3-5-15(22)16(23)9-14/h3-6,9-10,25H,2,7-8,11-12H2,1H3,(H2,24,28)(H,26,29). The number of carbonyl (C=O) groups excluding carboxylic acids is 1. The summed E-state index contributed by atoms with van der Waals surface area (Å²) in [7, 11) is 0. The second-order valence-corrected chi connectivity index (χ2v) is 7.50. The zero-order valence-electron chi connectivity index (χ0n) is 17.4. The van der Waals surface area contributed by atoms with Crippen LogP contribution in [0.3, 0.4) is 0 Å². The van der Waals surface area contributed by atoms with E-state index in [4.69, 9.17) is 38.4 Å². The predicted octanol–water partition coefficient (Wildman–Crippen LogP) is 3.46. The number of rotatable bonds is 11. The number of halogens is 2. The van der Waals surface area contributed by atoms with Crippen LogP contribution < -0.4 is 25.8 Å². The molecule has 0 unspecified atom stereocenters. The van der Waals surface area contributed by atoms with Crippen molar-refractivity contribution in [1.82, 2.24) is 20.9 Å². The van der Waals surface area contributed by atoms with E-state index >= 15 is 0 Å². The number of carbonyl (C=O) groups is 1. The molecular formula is C21H23Cl2N5O4. The molecule has 0 fully saturated rings. The van der Waals surface area contributed by atoms with E-state index < -0.39 is 5.91 Å². The van der Waals surface area contributed by atoms with Gasteiger partial charge in [-0.1, -0.05) is 35.3 Å². The van der Waals surface area contributed by atoms with Crippen molar-refractivity contribution < 1.29 is 18.9 Å². The molecule has 170 valence electrons. The summed E-state index contributed by atoms with van der Waals surface area (Å²) < 4.78 is 16.1. The molecule has 0 aliphatic rings. The molecule has 0 bridgehead atoms. The third kappa shape index (κ3) is 6.49. The maximum absolute atomic E-state index is 11.9. The maximum atomic E-state index is 11.9. The van der Waals surface area contributed by atoms with Gasteiger partial charge in [0.15, 0.2) is 11.5 Å². The molecule has 3 rings (SSSR count). The Bertz CT molecular complexity index is 1060. The van der Waals surface area contributed by atoms with Crippen molar-refractivity contribution in [3.63, 3.8) is 0 Å². The Morgan fingerprint density at radius 2 is 1.84 bits per heavy atom. The minimum atomic E-state index is -0.437. The first-order valence-electron chi connectivity index (χ1n) is 9.87. The molecule has 1 aromatic heterocycles. The molecule has 32 heavy (non-hydrogen) atoms. The van der Waals surface area contributed by atoms with E-state index in [2.05, 4.69) is 25.6 Å². The zero-order valence-corrected chi connectivity index (χ0v) is 18.9. The summed E-state index contributed by atoms with van der Waals surface area (Å²) in [6.07, 6.45) is 0. The molecule has 0 radical (unpaired) electrons. The first kappa shape index (κ1) is 23.6. The van der Waals surface area contributed by atoms with Crippen LogP contribution in [0, 0.1) is 0 Å². The summed E-state index contributed by atoms with van der Waals surface area (Å²) in [4.78, 5) is 11.9. The van der Waals surface area contributed by atoms with Crippen molar-refractivity contribution in [3.8, 4) is 11.5 Å². The van der Waals surface area contributed by atoms with Gasteiger partial charge in [-0.05, 0) is 52.6 Å². The Kier molecular flexibility index (Phi) is 8.55. The van der Waals surface area contributed by atoms with Crippen molar-refractivity contribution in [2.45, 2.75) is 20.1 Å². The Morgan fingerprint density at radius 1 is 1.03 bits per heavy atom. The van der Waals surface area contributed by atoms with Crippen LogP contribution in [0.4, 0.5) is 5.82 Å². The van der Waals surface area contributed by atoms with Gasteiger partial charge in [0.2, 0.25) is 11.5 Å². The van der Waals surface area contributed by atoms with Gasteiger partial charge >= 0.3 is 0 Å². The number of aromatic nitrogens is 2. The van der Waals surface area contributed by atoms with E-state index in [1.165, 1.54) is 0 Å². The highest BCUT2D eigenvalue weighted by molar-refractivity contribution is 6.42. The number of anilines is 1.